The number of non-ortho nitro benzene ring substituents is 1. The number of carbonyl (C=O) groups is 3. The van der Waals surface area contributed by atoms with Gasteiger partial charge in [-0.15, -0.1) is 0 Å². The third-order valence-electron chi connectivity index (χ3n) is 5.51. The zero-order valence-corrected chi connectivity index (χ0v) is 19.0. The summed E-state index contributed by atoms with van der Waals surface area (Å²) in [5.41, 5.74) is -0.817. The molecular formula is C22H22F2N4O7. The van der Waals surface area contributed by atoms with E-state index in [-0.39, 0.29) is 23.7 Å². The van der Waals surface area contributed by atoms with Gasteiger partial charge in [-0.05, 0) is 42.3 Å². The maximum atomic E-state index is 13.0. The zero-order chi connectivity index (χ0) is 25.9. The number of nitrogens with one attached hydrogen (secondary N) is 1. The van der Waals surface area contributed by atoms with Gasteiger partial charge in [-0.2, -0.15) is 8.78 Å². The first-order chi connectivity index (χ1) is 16.5. The fourth-order valence-electron chi connectivity index (χ4n) is 3.57. The average Bonchev–Trinajstić information content (AvgIpc) is 3.03. The third kappa shape index (κ3) is 5.28. The van der Waals surface area contributed by atoms with Crippen LogP contribution in [0.1, 0.15) is 18.1 Å². The summed E-state index contributed by atoms with van der Waals surface area (Å²) in [6.07, 6.45) is 0. The van der Waals surface area contributed by atoms with E-state index in [0.29, 0.717) is 11.1 Å². The van der Waals surface area contributed by atoms with E-state index in [4.69, 9.17) is 4.74 Å². The van der Waals surface area contributed by atoms with Crippen molar-refractivity contribution in [3.8, 4) is 11.5 Å². The number of hydrogen-bond acceptors (Lipinski definition) is 7. The number of hydrogen-bond donors (Lipinski definition) is 1. The molecule has 11 nitrogen and oxygen atoms in total. The number of amides is 4. The molecule has 13 heteroatoms. The Balaban J connectivity index is 1.69. The van der Waals surface area contributed by atoms with E-state index in [9.17, 15) is 33.3 Å². The summed E-state index contributed by atoms with van der Waals surface area (Å²) in [4.78, 5) is 50.6. The van der Waals surface area contributed by atoms with Gasteiger partial charge in [-0.25, -0.2) is 4.79 Å². The number of rotatable bonds is 9. The highest BCUT2D eigenvalue weighted by Crippen LogP contribution is 2.31. The monoisotopic (exact) mass is 492 g/mol. The SMILES string of the molecule is COc1cc(CN(C)C(=O)CN2C(=O)N[C@@](C)(c3ccc([N+](=O)[O-])cc3)C2=O)ccc1OC(F)F. The molecule has 1 aliphatic heterocycles. The Bertz CT molecular complexity index is 1160. The molecule has 2 aromatic rings. The molecule has 1 atom stereocenters. The summed E-state index contributed by atoms with van der Waals surface area (Å²) in [7, 11) is 2.73. The predicted octanol–water partition coefficient (Wildman–Crippen LogP) is 2.63. The van der Waals surface area contributed by atoms with Gasteiger partial charge in [0.1, 0.15) is 12.1 Å². The molecule has 1 N–H and O–H groups in total. The van der Waals surface area contributed by atoms with Gasteiger partial charge in [0.15, 0.2) is 11.5 Å². The van der Waals surface area contributed by atoms with E-state index < -0.39 is 41.5 Å². The van der Waals surface area contributed by atoms with Gasteiger partial charge < -0.3 is 19.7 Å². The number of ether oxygens (including phenoxy) is 2. The molecular weight excluding hydrogens is 470 g/mol. The van der Waals surface area contributed by atoms with E-state index in [1.54, 1.807) is 0 Å². The van der Waals surface area contributed by atoms with Crippen LogP contribution in [-0.4, -0.2) is 59.9 Å². The van der Waals surface area contributed by atoms with E-state index >= 15 is 0 Å². The van der Waals surface area contributed by atoms with Gasteiger partial charge in [0.05, 0.1) is 12.0 Å². The Labute approximate surface area is 198 Å². The largest absolute Gasteiger partial charge is 0.493 e. The van der Waals surface area contributed by atoms with Gasteiger partial charge in [-0.1, -0.05) is 6.07 Å². The Hall–Kier alpha value is -4.29. The van der Waals surface area contributed by atoms with Crippen LogP contribution >= 0.6 is 0 Å². The molecule has 0 aliphatic carbocycles. The number of halogens is 2. The van der Waals surface area contributed by atoms with Crippen molar-refractivity contribution in [1.29, 1.82) is 0 Å². The highest BCUT2D eigenvalue weighted by Gasteiger charge is 2.49. The van der Waals surface area contributed by atoms with Gasteiger partial charge in [0.25, 0.3) is 11.6 Å². The summed E-state index contributed by atoms with van der Waals surface area (Å²) in [6.45, 7) is -2.10. The summed E-state index contributed by atoms with van der Waals surface area (Å²) in [5.74, 6) is -1.36. The number of likely N-dealkylation sites (N-methyl/N-ethyl adjacent to an activating group) is 1. The molecule has 0 spiro atoms. The smallest absolute Gasteiger partial charge is 0.387 e. The van der Waals surface area contributed by atoms with Crippen LogP contribution in [0.2, 0.25) is 0 Å². The van der Waals surface area contributed by atoms with Gasteiger partial charge in [0.2, 0.25) is 5.91 Å². The molecule has 186 valence electrons. The summed E-state index contributed by atoms with van der Waals surface area (Å²) >= 11 is 0. The van der Waals surface area contributed by atoms with E-state index in [0.717, 1.165) is 4.90 Å². The zero-order valence-electron chi connectivity index (χ0n) is 19.0. The van der Waals surface area contributed by atoms with E-state index in [2.05, 4.69) is 10.1 Å². The number of alkyl halides is 2. The lowest BCUT2D eigenvalue weighted by atomic mass is 9.92. The molecule has 0 bridgehead atoms. The van der Waals surface area contributed by atoms with Crippen LogP contribution in [0.15, 0.2) is 42.5 Å². The second-order valence-electron chi connectivity index (χ2n) is 7.86. The number of imide groups is 1. The Morgan fingerprint density at radius 3 is 2.43 bits per heavy atom. The highest BCUT2D eigenvalue weighted by atomic mass is 19.3. The number of nitro groups is 1. The standard InChI is InChI=1S/C22H22F2N4O7/c1-22(14-5-7-15(8-6-14)28(32)33)19(30)27(21(31)25-22)12-18(29)26(2)11-13-4-9-16(35-20(23)24)17(10-13)34-3/h4-10,20H,11-12H2,1-3H3,(H,25,31)/t22-/m0/s1. The average molecular weight is 492 g/mol. The van der Waals surface area contributed by atoms with Crippen LogP contribution < -0.4 is 14.8 Å². The molecule has 0 radical (unpaired) electrons. The number of methoxy groups -OCH3 is 1. The molecule has 0 unspecified atom stereocenters. The molecule has 0 saturated carbocycles. The van der Waals surface area contributed by atoms with Crippen LogP contribution in [0.25, 0.3) is 0 Å². The minimum Gasteiger partial charge on any atom is -0.493 e. The minimum absolute atomic E-state index is 0.0351. The summed E-state index contributed by atoms with van der Waals surface area (Å²) < 4.78 is 34.4. The van der Waals surface area contributed by atoms with Crippen LogP contribution in [-0.2, 0) is 21.7 Å². The molecule has 1 aliphatic rings. The Morgan fingerprint density at radius 2 is 1.86 bits per heavy atom. The van der Waals surface area contributed by atoms with Crippen molar-refractivity contribution in [2.45, 2.75) is 25.6 Å². The quantitative estimate of drug-likeness (QED) is 0.323. The molecule has 4 amide bonds. The second-order valence-corrected chi connectivity index (χ2v) is 7.86. The lowest BCUT2D eigenvalue weighted by Crippen LogP contribution is -2.43. The van der Waals surface area contributed by atoms with E-state index in [1.165, 1.54) is 68.4 Å². The van der Waals surface area contributed by atoms with E-state index in [1.807, 2.05) is 0 Å². The molecule has 1 fully saturated rings. The molecule has 3 rings (SSSR count). The van der Waals surface area contributed by atoms with Crippen molar-refractivity contribution in [3.63, 3.8) is 0 Å². The lowest BCUT2D eigenvalue weighted by molar-refractivity contribution is -0.384. The van der Waals surface area contributed by atoms with Crippen molar-refractivity contribution in [2.24, 2.45) is 0 Å². The van der Waals surface area contributed by atoms with Crippen molar-refractivity contribution in [3.05, 3.63) is 63.7 Å². The van der Waals surface area contributed by atoms with Crippen LogP contribution in [0.3, 0.4) is 0 Å². The Kier molecular flexibility index (Phi) is 7.17. The molecule has 2 aromatic carbocycles. The first-order valence-corrected chi connectivity index (χ1v) is 10.2. The maximum Gasteiger partial charge on any atom is 0.387 e. The fourth-order valence-corrected chi connectivity index (χ4v) is 3.57. The normalized spacial score (nSPS) is 17.4. The molecule has 35 heavy (non-hydrogen) atoms. The first-order valence-electron chi connectivity index (χ1n) is 10.2. The highest BCUT2D eigenvalue weighted by molar-refractivity contribution is 6.09. The maximum absolute atomic E-state index is 13.0. The first kappa shape index (κ1) is 25.3. The second kappa shape index (κ2) is 9.91. The van der Waals surface area contributed by atoms with Crippen LogP contribution in [0.4, 0.5) is 19.3 Å². The fraction of sp³-hybridized carbons (Fsp3) is 0.318. The van der Waals surface area contributed by atoms with Gasteiger partial charge in [0, 0.05) is 25.7 Å². The van der Waals surface area contributed by atoms with Crippen LogP contribution in [0, 0.1) is 10.1 Å². The van der Waals surface area contributed by atoms with Crippen molar-refractivity contribution >= 4 is 23.5 Å². The Morgan fingerprint density at radius 1 is 1.20 bits per heavy atom. The van der Waals surface area contributed by atoms with Crippen molar-refractivity contribution in [2.75, 3.05) is 20.7 Å². The van der Waals surface area contributed by atoms with Gasteiger partial charge >= 0.3 is 12.6 Å². The number of nitrogens with zero attached hydrogens (tertiary/aromatic N) is 3. The molecule has 0 aromatic heterocycles. The van der Waals surface area contributed by atoms with Crippen molar-refractivity contribution in [1.82, 2.24) is 15.1 Å². The lowest BCUT2D eigenvalue weighted by Gasteiger charge is -2.23. The number of carbonyl (C=O) groups excluding carboxylic acids is 3. The summed E-state index contributed by atoms with van der Waals surface area (Å²) in [5, 5.41) is 13.4. The topological polar surface area (TPSA) is 131 Å². The number of benzene rings is 2. The molecule has 1 heterocycles. The number of nitro benzene ring substituents is 1. The number of urea groups is 1. The van der Waals surface area contributed by atoms with Crippen molar-refractivity contribution < 1.29 is 37.6 Å². The summed E-state index contributed by atoms with van der Waals surface area (Å²) in [6, 6.07) is 8.56. The minimum atomic E-state index is -3.03. The van der Waals surface area contributed by atoms with Gasteiger partial charge in [-0.3, -0.25) is 24.6 Å². The van der Waals surface area contributed by atoms with Crippen LogP contribution in [0.5, 0.6) is 11.5 Å². The molecule has 1 saturated heterocycles. The third-order valence-corrected chi connectivity index (χ3v) is 5.51. The predicted molar refractivity (Wildman–Crippen MR) is 117 cm³/mol.